The van der Waals surface area contributed by atoms with Gasteiger partial charge in [0.05, 0.1) is 6.04 Å². The third kappa shape index (κ3) is 2.87. The maximum Gasteiger partial charge on any atom is 0.254 e. The van der Waals surface area contributed by atoms with Crippen molar-refractivity contribution in [3.05, 3.63) is 82.5 Å². The van der Waals surface area contributed by atoms with Gasteiger partial charge in [0.1, 0.15) is 5.82 Å². The Labute approximate surface area is 150 Å². The van der Waals surface area contributed by atoms with Crippen molar-refractivity contribution in [2.75, 3.05) is 6.54 Å². The molecule has 3 aromatic rings. The molecule has 126 valence electrons. The summed E-state index contributed by atoms with van der Waals surface area (Å²) in [6.45, 7) is 2.50. The second kappa shape index (κ2) is 6.45. The Morgan fingerprint density at radius 3 is 2.72 bits per heavy atom. The summed E-state index contributed by atoms with van der Waals surface area (Å²) in [6, 6.07) is 16.5. The topological polar surface area (TPSA) is 20.3 Å². The number of halogens is 1. The molecule has 0 radical (unpaired) electrons. The van der Waals surface area contributed by atoms with Crippen molar-refractivity contribution < 1.29 is 9.18 Å². The molecule has 4 heteroatoms. The Kier molecular flexibility index (Phi) is 4.14. The number of hydrogen-bond donors (Lipinski definition) is 0. The highest BCUT2D eigenvalue weighted by molar-refractivity contribution is 7.13. The molecule has 1 aliphatic heterocycles. The van der Waals surface area contributed by atoms with Crippen LogP contribution in [0.5, 0.6) is 0 Å². The molecular formula is C21H18FNOS. The van der Waals surface area contributed by atoms with Crippen LogP contribution in [0, 0.1) is 5.82 Å². The summed E-state index contributed by atoms with van der Waals surface area (Å²) in [5.41, 5.74) is 3.52. The highest BCUT2D eigenvalue weighted by Gasteiger charge is 2.29. The van der Waals surface area contributed by atoms with Crippen LogP contribution < -0.4 is 0 Å². The Morgan fingerprint density at radius 2 is 1.96 bits per heavy atom. The SMILES string of the molecule is CC(c1ccccc1F)N1CCc2cc(-c3cccs3)ccc2C1=O. The number of carbonyl (C=O) groups is 1. The Bertz CT molecular complexity index is 919. The van der Waals surface area contributed by atoms with Gasteiger partial charge in [-0.1, -0.05) is 30.3 Å². The number of nitrogens with zero attached hydrogens (tertiary/aromatic N) is 1. The minimum atomic E-state index is -0.279. The number of thiophene rings is 1. The van der Waals surface area contributed by atoms with E-state index in [1.165, 1.54) is 10.9 Å². The minimum absolute atomic E-state index is 0.0188. The molecule has 0 saturated carbocycles. The van der Waals surface area contributed by atoms with Crippen LogP contribution in [0.25, 0.3) is 10.4 Å². The number of rotatable bonds is 3. The normalized spacial score (nSPS) is 15.1. The highest BCUT2D eigenvalue weighted by atomic mass is 32.1. The van der Waals surface area contributed by atoms with Crippen LogP contribution in [0.4, 0.5) is 4.39 Å². The fourth-order valence-corrected chi connectivity index (χ4v) is 4.18. The van der Waals surface area contributed by atoms with Gasteiger partial charge in [0.25, 0.3) is 5.91 Å². The van der Waals surface area contributed by atoms with E-state index >= 15 is 0 Å². The molecule has 25 heavy (non-hydrogen) atoms. The molecule has 0 N–H and O–H groups in total. The summed E-state index contributed by atoms with van der Waals surface area (Å²) in [7, 11) is 0. The lowest BCUT2D eigenvalue weighted by Crippen LogP contribution is -2.39. The smallest absolute Gasteiger partial charge is 0.254 e. The number of carbonyl (C=O) groups excluding carboxylic acids is 1. The molecule has 0 bridgehead atoms. The fraction of sp³-hybridized carbons (Fsp3) is 0.190. The van der Waals surface area contributed by atoms with Crippen molar-refractivity contribution >= 4 is 17.2 Å². The van der Waals surface area contributed by atoms with Gasteiger partial charge < -0.3 is 4.90 Å². The van der Waals surface area contributed by atoms with Crippen LogP contribution in [-0.4, -0.2) is 17.4 Å². The van der Waals surface area contributed by atoms with Gasteiger partial charge in [-0.2, -0.15) is 0 Å². The molecule has 1 amide bonds. The zero-order valence-corrected chi connectivity index (χ0v) is 14.7. The van der Waals surface area contributed by atoms with Gasteiger partial charge in [0.2, 0.25) is 0 Å². The van der Waals surface area contributed by atoms with Gasteiger partial charge in [0, 0.05) is 22.5 Å². The first-order valence-electron chi connectivity index (χ1n) is 8.37. The first-order valence-corrected chi connectivity index (χ1v) is 9.25. The molecule has 0 spiro atoms. The Hall–Kier alpha value is -2.46. The molecule has 1 aliphatic rings. The molecule has 1 unspecified atom stereocenters. The van der Waals surface area contributed by atoms with Gasteiger partial charge in [-0.15, -0.1) is 11.3 Å². The van der Waals surface area contributed by atoms with Crippen LogP contribution in [0.2, 0.25) is 0 Å². The van der Waals surface area contributed by atoms with E-state index in [1.807, 2.05) is 31.2 Å². The van der Waals surface area contributed by atoms with E-state index in [9.17, 15) is 9.18 Å². The molecule has 2 heterocycles. The third-order valence-corrected chi connectivity index (χ3v) is 5.77. The molecule has 0 aliphatic carbocycles. The lowest BCUT2D eigenvalue weighted by atomic mass is 9.94. The maximum absolute atomic E-state index is 14.1. The van der Waals surface area contributed by atoms with E-state index < -0.39 is 0 Å². The lowest BCUT2D eigenvalue weighted by molar-refractivity contribution is 0.0670. The van der Waals surface area contributed by atoms with Crippen molar-refractivity contribution in [2.24, 2.45) is 0 Å². The van der Waals surface area contributed by atoms with E-state index in [4.69, 9.17) is 0 Å². The van der Waals surface area contributed by atoms with E-state index in [1.54, 1.807) is 28.4 Å². The van der Waals surface area contributed by atoms with Crippen LogP contribution >= 0.6 is 11.3 Å². The van der Waals surface area contributed by atoms with E-state index in [0.717, 1.165) is 23.1 Å². The van der Waals surface area contributed by atoms with Crippen LogP contribution in [-0.2, 0) is 6.42 Å². The minimum Gasteiger partial charge on any atom is -0.331 e. The summed E-state index contributed by atoms with van der Waals surface area (Å²) in [6.07, 6.45) is 0.791. The predicted molar refractivity (Wildman–Crippen MR) is 99.3 cm³/mol. The summed E-state index contributed by atoms with van der Waals surface area (Å²) >= 11 is 1.69. The van der Waals surface area contributed by atoms with Gasteiger partial charge in [-0.05, 0) is 54.1 Å². The molecular weight excluding hydrogens is 333 g/mol. The molecule has 0 saturated heterocycles. The molecule has 4 rings (SSSR count). The first kappa shape index (κ1) is 16.0. The quantitative estimate of drug-likeness (QED) is 0.626. The number of amides is 1. The van der Waals surface area contributed by atoms with Crippen molar-refractivity contribution in [2.45, 2.75) is 19.4 Å². The zero-order valence-electron chi connectivity index (χ0n) is 13.9. The first-order chi connectivity index (χ1) is 12.1. The monoisotopic (exact) mass is 351 g/mol. The third-order valence-electron chi connectivity index (χ3n) is 4.85. The second-order valence-electron chi connectivity index (χ2n) is 6.30. The Morgan fingerprint density at radius 1 is 1.12 bits per heavy atom. The second-order valence-corrected chi connectivity index (χ2v) is 7.24. The summed E-state index contributed by atoms with van der Waals surface area (Å²) in [5.74, 6) is -0.281. The van der Waals surface area contributed by atoms with Gasteiger partial charge >= 0.3 is 0 Å². The van der Waals surface area contributed by atoms with E-state index in [2.05, 4.69) is 17.5 Å². The fourth-order valence-electron chi connectivity index (χ4n) is 3.45. The molecule has 1 atom stereocenters. The van der Waals surface area contributed by atoms with Crippen LogP contribution in [0.1, 0.15) is 34.5 Å². The van der Waals surface area contributed by atoms with Crippen LogP contribution in [0.3, 0.4) is 0 Å². The molecule has 1 aromatic heterocycles. The summed E-state index contributed by atoms with van der Waals surface area (Å²) in [5, 5.41) is 2.05. The van der Waals surface area contributed by atoms with Crippen molar-refractivity contribution in [3.63, 3.8) is 0 Å². The standard InChI is InChI=1S/C21H18FNOS/c1-14(17-5-2-3-6-19(17)22)23-11-10-15-13-16(20-7-4-12-25-20)8-9-18(15)21(23)24/h2-9,12-14H,10-11H2,1H3. The Balaban J connectivity index is 1.64. The van der Waals surface area contributed by atoms with E-state index in [0.29, 0.717) is 12.1 Å². The average molecular weight is 351 g/mol. The maximum atomic E-state index is 14.1. The molecule has 0 fully saturated rings. The largest absolute Gasteiger partial charge is 0.331 e. The zero-order chi connectivity index (χ0) is 17.4. The molecule has 2 aromatic carbocycles. The summed E-state index contributed by atoms with van der Waals surface area (Å²) < 4.78 is 14.1. The summed E-state index contributed by atoms with van der Waals surface area (Å²) in [4.78, 5) is 15.9. The number of fused-ring (bicyclic) bond motifs is 1. The number of hydrogen-bond acceptors (Lipinski definition) is 2. The van der Waals surface area contributed by atoms with Crippen molar-refractivity contribution in [1.29, 1.82) is 0 Å². The van der Waals surface area contributed by atoms with Gasteiger partial charge in [-0.3, -0.25) is 4.79 Å². The lowest BCUT2D eigenvalue weighted by Gasteiger charge is -2.34. The van der Waals surface area contributed by atoms with Crippen molar-refractivity contribution in [3.8, 4) is 10.4 Å². The van der Waals surface area contributed by atoms with E-state index in [-0.39, 0.29) is 17.8 Å². The van der Waals surface area contributed by atoms with Gasteiger partial charge in [0.15, 0.2) is 0 Å². The predicted octanol–water partition coefficient (Wildman–Crippen LogP) is 5.31. The highest BCUT2D eigenvalue weighted by Crippen LogP contribution is 2.32. The van der Waals surface area contributed by atoms with Gasteiger partial charge in [-0.25, -0.2) is 4.39 Å². The molecule has 2 nitrogen and oxygen atoms in total. The number of benzene rings is 2. The van der Waals surface area contributed by atoms with Crippen molar-refractivity contribution in [1.82, 2.24) is 4.90 Å². The van der Waals surface area contributed by atoms with Crippen LogP contribution in [0.15, 0.2) is 60.0 Å². The average Bonchev–Trinajstić information content (AvgIpc) is 3.16.